The van der Waals surface area contributed by atoms with Crippen LogP contribution in [0.25, 0.3) is 16.9 Å². The molecule has 160 valence electrons. The van der Waals surface area contributed by atoms with Gasteiger partial charge in [-0.1, -0.05) is 30.3 Å². The van der Waals surface area contributed by atoms with E-state index >= 15 is 0 Å². The second-order valence-corrected chi connectivity index (χ2v) is 8.88. The van der Waals surface area contributed by atoms with Gasteiger partial charge in [-0.05, 0) is 23.8 Å². The van der Waals surface area contributed by atoms with Crippen LogP contribution in [0.2, 0.25) is 0 Å². The first-order chi connectivity index (χ1) is 15.2. The number of carbonyl (C=O) groups excluding carboxylic acids is 1. The molecular weight excluding hydrogens is 436 g/mol. The Balaban J connectivity index is 1.52. The van der Waals surface area contributed by atoms with Gasteiger partial charge in [-0.15, -0.1) is 0 Å². The first-order valence-corrected chi connectivity index (χ1v) is 10.9. The predicted molar refractivity (Wildman–Crippen MR) is 112 cm³/mol. The molecule has 11 heteroatoms. The Kier molecular flexibility index (Phi) is 4.24. The Morgan fingerprint density at radius 1 is 1.12 bits per heavy atom. The van der Waals surface area contributed by atoms with Crippen molar-refractivity contribution in [1.29, 1.82) is 0 Å². The molecule has 4 aromatic rings. The highest BCUT2D eigenvalue weighted by molar-refractivity contribution is 7.90. The summed E-state index contributed by atoms with van der Waals surface area (Å²) < 4.78 is 28.5. The first kappa shape index (κ1) is 19.7. The normalized spacial score (nSPS) is 12.4. The van der Waals surface area contributed by atoms with Gasteiger partial charge in [0.1, 0.15) is 5.69 Å². The maximum Gasteiger partial charge on any atom is 0.335 e. The number of carboxylic acid groups (broad SMARTS) is 1. The number of aromatic amines is 1. The highest BCUT2D eigenvalue weighted by Crippen LogP contribution is 2.34. The quantitative estimate of drug-likeness (QED) is 0.374. The number of amides is 1. The number of imidazole rings is 1. The van der Waals surface area contributed by atoms with E-state index in [1.807, 2.05) is 29.0 Å². The summed E-state index contributed by atoms with van der Waals surface area (Å²) in [5.41, 5.74) is 2.18. The van der Waals surface area contributed by atoms with Crippen LogP contribution in [0.5, 0.6) is 0 Å². The Labute approximate surface area is 180 Å². The van der Waals surface area contributed by atoms with Crippen molar-refractivity contribution in [2.75, 3.05) is 0 Å². The van der Waals surface area contributed by atoms with Gasteiger partial charge in [0.05, 0.1) is 21.8 Å². The SMILES string of the molecule is O=C(O)c1cccc(S(=O)(=O)NC(=O)c2cn3c4c([nH]c(=O)c3n2)-c2ccccc2C4)c1. The van der Waals surface area contributed by atoms with Gasteiger partial charge in [-0.2, -0.15) is 0 Å². The van der Waals surface area contributed by atoms with Crippen molar-refractivity contribution in [3.63, 3.8) is 0 Å². The first-order valence-electron chi connectivity index (χ1n) is 9.37. The molecule has 2 aromatic carbocycles. The predicted octanol–water partition coefficient (Wildman–Crippen LogP) is 1.41. The number of aromatic carboxylic acids is 1. The van der Waals surface area contributed by atoms with Crippen LogP contribution in [-0.2, 0) is 16.4 Å². The fourth-order valence-corrected chi connectivity index (χ4v) is 4.75. The summed E-state index contributed by atoms with van der Waals surface area (Å²) in [5.74, 6) is -2.35. The van der Waals surface area contributed by atoms with Gasteiger partial charge in [0.15, 0.2) is 0 Å². The number of hydrogen-bond donors (Lipinski definition) is 3. The third-order valence-corrected chi connectivity index (χ3v) is 6.55. The molecule has 1 aliphatic carbocycles. The smallest absolute Gasteiger partial charge is 0.335 e. The summed E-state index contributed by atoms with van der Waals surface area (Å²) in [6.07, 6.45) is 1.82. The Morgan fingerprint density at radius 2 is 1.91 bits per heavy atom. The summed E-state index contributed by atoms with van der Waals surface area (Å²) in [6, 6.07) is 12.2. The van der Waals surface area contributed by atoms with Crippen LogP contribution in [-0.4, -0.2) is 39.8 Å². The molecule has 0 saturated heterocycles. The molecule has 10 nitrogen and oxygen atoms in total. The largest absolute Gasteiger partial charge is 0.478 e. The van der Waals surface area contributed by atoms with E-state index in [2.05, 4.69) is 9.97 Å². The number of nitrogens with zero attached hydrogens (tertiary/aromatic N) is 2. The van der Waals surface area contributed by atoms with Crippen molar-refractivity contribution in [1.82, 2.24) is 19.1 Å². The molecule has 1 amide bonds. The second kappa shape index (κ2) is 6.89. The molecule has 32 heavy (non-hydrogen) atoms. The van der Waals surface area contributed by atoms with Crippen LogP contribution in [0.1, 0.15) is 32.1 Å². The number of aromatic nitrogens is 3. The third-order valence-electron chi connectivity index (χ3n) is 5.22. The lowest BCUT2D eigenvalue weighted by molar-refractivity contribution is 0.0696. The van der Waals surface area contributed by atoms with Crippen molar-refractivity contribution in [3.05, 3.63) is 87.6 Å². The van der Waals surface area contributed by atoms with E-state index < -0.39 is 27.5 Å². The Morgan fingerprint density at radius 3 is 2.69 bits per heavy atom. The summed E-state index contributed by atoms with van der Waals surface area (Å²) in [4.78, 5) is 42.7. The van der Waals surface area contributed by atoms with Gasteiger partial charge >= 0.3 is 5.97 Å². The molecule has 0 aliphatic heterocycles. The molecule has 0 unspecified atom stereocenters. The van der Waals surface area contributed by atoms with Crippen LogP contribution in [0.15, 0.2) is 64.4 Å². The molecule has 0 fully saturated rings. The molecule has 1 aliphatic rings. The molecule has 2 heterocycles. The van der Waals surface area contributed by atoms with E-state index in [9.17, 15) is 22.8 Å². The molecule has 2 aromatic heterocycles. The highest BCUT2D eigenvalue weighted by atomic mass is 32.2. The Bertz CT molecular complexity index is 1620. The van der Waals surface area contributed by atoms with E-state index in [1.54, 1.807) is 0 Å². The zero-order valence-corrected chi connectivity index (χ0v) is 17.0. The maximum absolute atomic E-state index is 12.7. The average molecular weight is 450 g/mol. The number of H-pyrrole nitrogens is 1. The van der Waals surface area contributed by atoms with Gasteiger partial charge in [0.25, 0.3) is 21.5 Å². The van der Waals surface area contributed by atoms with Gasteiger partial charge in [0, 0.05) is 18.2 Å². The van der Waals surface area contributed by atoms with Crippen LogP contribution < -0.4 is 10.3 Å². The van der Waals surface area contributed by atoms with Crippen molar-refractivity contribution in [2.45, 2.75) is 11.3 Å². The minimum atomic E-state index is -4.36. The van der Waals surface area contributed by atoms with E-state index in [4.69, 9.17) is 5.11 Å². The lowest BCUT2D eigenvalue weighted by Gasteiger charge is -2.06. The molecule has 5 rings (SSSR count). The molecular formula is C21H14N4O6S. The van der Waals surface area contributed by atoms with Crippen molar-refractivity contribution < 1.29 is 23.1 Å². The summed E-state index contributed by atoms with van der Waals surface area (Å²) in [6.45, 7) is 0. The molecule has 0 saturated carbocycles. The maximum atomic E-state index is 12.7. The van der Waals surface area contributed by atoms with Crippen LogP contribution in [0.4, 0.5) is 0 Å². The summed E-state index contributed by atoms with van der Waals surface area (Å²) in [5, 5.41) is 9.06. The van der Waals surface area contributed by atoms with E-state index in [0.717, 1.165) is 22.9 Å². The molecule has 0 bridgehead atoms. The number of fused-ring (bicyclic) bond motifs is 5. The van der Waals surface area contributed by atoms with Gasteiger partial charge in [-0.25, -0.2) is 22.9 Å². The average Bonchev–Trinajstić information content (AvgIpc) is 3.36. The lowest BCUT2D eigenvalue weighted by Crippen LogP contribution is -2.31. The van der Waals surface area contributed by atoms with Crippen LogP contribution in [0, 0.1) is 0 Å². The Hall–Kier alpha value is -4.25. The van der Waals surface area contributed by atoms with Gasteiger partial charge in [0.2, 0.25) is 5.65 Å². The minimum Gasteiger partial charge on any atom is -0.478 e. The number of hydrogen-bond acceptors (Lipinski definition) is 6. The van der Waals surface area contributed by atoms with Gasteiger partial charge < -0.3 is 10.1 Å². The van der Waals surface area contributed by atoms with Crippen molar-refractivity contribution >= 4 is 27.5 Å². The number of rotatable bonds is 4. The summed E-state index contributed by atoms with van der Waals surface area (Å²) in [7, 11) is -4.36. The van der Waals surface area contributed by atoms with E-state index in [-0.39, 0.29) is 21.8 Å². The van der Waals surface area contributed by atoms with Crippen molar-refractivity contribution in [2.24, 2.45) is 0 Å². The molecule has 0 spiro atoms. The topological polar surface area (TPSA) is 151 Å². The number of nitrogens with one attached hydrogen (secondary N) is 2. The second-order valence-electron chi connectivity index (χ2n) is 7.20. The van der Waals surface area contributed by atoms with E-state index in [0.29, 0.717) is 12.1 Å². The lowest BCUT2D eigenvalue weighted by atomic mass is 10.1. The number of benzene rings is 2. The standard InChI is InChI=1S/C21H14N4O6S/c26-19(24-32(30,31)13-6-3-5-12(8-13)21(28)29)15-10-25-16-9-11-4-1-2-7-14(11)17(16)23-20(27)18(25)22-15/h1-8,10H,9H2,(H,23,27)(H,24,26)(H,28,29). The van der Waals surface area contributed by atoms with Crippen LogP contribution in [0.3, 0.4) is 0 Å². The van der Waals surface area contributed by atoms with Crippen molar-refractivity contribution in [3.8, 4) is 11.3 Å². The third kappa shape index (κ3) is 3.06. The zero-order chi connectivity index (χ0) is 22.6. The van der Waals surface area contributed by atoms with Gasteiger partial charge in [-0.3, -0.25) is 14.0 Å². The fraction of sp³-hybridized carbons (Fsp3) is 0.0476. The molecule has 0 atom stereocenters. The van der Waals surface area contributed by atoms with E-state index in [1.165, 1.54) is 28.8 Å². The number of sulfonamides is 1. The van der Waals surface area contributed by atoms with Crippen LogP contribution >= 0.6 is 0 Å². The summed E-state index contributed by atoms with van der Waals surface area (Å²) >= 11 is 0. The number of carboxylic acids is 1. The highest BCUT2D eigenvalue weighted by Gasteiger charge is 2.26. The molecule has 3 N–H and O–H groups in total. The molecule has 0 radical (unpaired) electrons. The fourth-order valence-electron chi connectivity index (χ4n) is 3.74. The zero-order valence-electron chi connectivity index (χ0n) is 16.2. The monoisotopic (exact) mass is 450 g/mol. The minimum absolute atomic E-state index is 0.0352. The number of carbonyl (C=O) groups is 2.